The summed E-state index contributed by atoms with van der Waals surface area (Å²) in [6.07, 6.45) is 3.92. The van der Waals surface area contributed by atoms with Crippen LogP contribution >= 0.6 is 15.9 Å². The molecule has 1 aromatic rings. The van der Waals surface area contributed by atoms with Crippen molar-refractivity contribution in [3.63, 3.8) is 0 Å². The molecule has 22 heavy (non-hydrogen) atoms. The largest absolute Gasteiger partial charge is 0.361 e. The van der Waals surface area contributed by atoms with Gasteiger partial charge in [0.1, 0.15) is 5.72 Å². The van der Waals surface area contributed by atoms with Crippen molar-refractivity contribution in [3.05, 3.63) is 29.8 Å². The van der Waals surface area contributed by atoms with Crippen LogP contribution in [0.1, 0.15) is 31.2 Å². The maximum atomic E-state index is 13.2. The van der Waals surface area contributed by atoms with Crippen LogP contribution in [-0.2, 0) is 14.8 Å². The lowest BCUT2D eigenvalue weighted by atomic mass is 9.73. The Kier molecular flexibility index (Phi) is 4.40. The molecule has 3 atom stereocenters. The number of aryl methyl sites for hydroxylation is 1. The number of hydrogen-bond donors (Lipinski definition) is 0. The molecule has 2 fully saturated rings. The van der Waals surface area contributed by atoms with Gasteiger partial charge in [0, 0.05) is 19.6 Å². The molecule has 1 aromatic carbocycles. The van der Waals surface area contributed by atoms with Crippen LogP contribution in [0.3, 0.4) is 0 Å². The van der Waals surface area contributed by atoms with E-state index >= 15 is 0 Å². The van der Waals surface area contributed by atoms with E-state index in [0.29, 0.717) is 11.4 Å². The Morgan fingerprint density at radius 3 is 2.55 bits per heavy atom. The lowest BCUT2D eigenvalue weighted by molar-refractivity contribution is -0.182. The minimum atomic E-state index is -3.56. The first-order chi connectivity index (χ1) is 10.4. The second kappa shape index (κ2) is 5.89. The zero-order valence-electron chi connectivity index (χ0n) is 13.0. The molecule has 3 unspecified atom stereocenters. The second-order valence-corrected chi connectivity index (χ2v) is 9.21. The molecule has 0 spiro atoms. The first-order valence-electron chi connectivity index (χ1n) is 7.71. The maximum Gasteiger partial charge on any atom is 0.245 e. The van der Waals surface area contributed by atoms with Gasteiger partial charge in [0.05, 0.1) is 9.72 Å². The Hall–Kier alpha value is -0.430. The molecule has 0 bridgehead atoms. The fraction of sp³-hybridized carbons (Fsp3) is 0.625. The standard InChI is InChI=1S/C16H22BrNO3S/c1-12-6-8-14(9-7-12)22(19,20)18-10-4-3-5-13-11-15(17)16(13,18)21-2/h6-9,13,15H,3-5,10-11H2,1-2H3. The number of methoxy groups -OCH3 is 1. The van der Waals surface area contributed by atoms with Gasteiger partial charge in [0.25, 0.3) is 0 Å². The quantitative estimate of drug-likeness (QED) is 0.747. The highest BCUT2D eigenvalue weighted by atomic mass is 79.9. The predicted octanol–water partition coefficient (Wildman–Crippen LogP) is 3.30. The highest BCUT2D eigenvalue weighted by molar-refractivity contribution is 9.09. The van der Waals surface area contributed by atoms with Crippen molar-refractivity contribution in [2.75, 3.05) is 13.7 Å². The van der Waals surface area contributed by atoms with E-state index in [4.69, 9.17) is 4.74 Å². The zero-order chi connectivity index (χ0) is 16.0. The fourth-order valence-corrected chi connectivity index (χ4v) is 6.96. The van der Waals surface area contributed by atoms with Crippen molar-refractivity contribution in [1.82, 2.24) is 4.31 Å². The summed E-state index contributed by atoms with van der Waals surface area (Å²) in [5.74, 6) is 0.268. The van der Waals surface area contributed by atoms with Crippen LogP contribution in [0.25, 0.3) is 0 Å². The number of halogens is 1. The molecule has 2 aliphatic rings. The van der Waals surface area contributed by atoms with Crippen LogP contribution in [0.4, 0.5) is 0 Å². The van der Waals surface area contributed by atoms with E-state index in [1.54, 1.807) is 23.5 Å². The van der Waals surface area contributed by atoms with Gasteiger partial charge in [-0.2, -0.15) is 4.31 Å². The van der Waals surface area contributed by atoms with Gasteiger partial charge >= 0.3 is 0 Å². The molecule has 122 valence electrons. The van der Waals surface area contributed by atoms with Crippen LogP contribution in [0.5, 0.6) is 0 Å². The monoisotopic (exact) mass is 387 g/mol. The summed E-state index contributed by atoms with van der Waals surface area (Å²) >= 11 is 3.64. The van der Waals surface area contributed by atoms with E-state index in [9.17, 15) is 8.42 Å². The summed E-state index contributed by atoms with van der Waals surface area (Å²) in [6.45, 7) is 2.47. The number of fused-ring (bicyclic) bond motifs is 1. The van der Waals surface area contributed by atoms with E-state index in [2.05, 4.69) is 15.9 Å². The summed E-state index contributed by atoms with van der Waals surface area (Å²) in [4.78, 5) is 0.398. The number of alkyl halides is 1. The van der Waals surface area contributed by atoms with Crippen molar-refractivity contribution in [1.29, 1.82) is 0 Å². The normalized spacial score (nSPS) is 32.9. The van der Waals surface area contributed by atoms with Crippen molar-refractivity contribution in [3.8, 4) is 0 Å². The van der Waals surface area contributed by atoms with Gasteiger partial charge < -0.3 is 4.74 Å². The van der Waals surface area contributed by atoms with Crippen LogP contribution in [0.2, 0.25) is 0 Å². The molecule has 0 aromatic heterocycles. The predicted molar refractivity (Wildman–Crippen MR) is 89.5 cm³/mol. The molecule has 0 amide bonds. The first kappa shape index (κ1) is 16.4. The highest BCUT2D eigenvalue weighted by Gasteiger charge is 2.62. The van der Waals surface area contributed by atoms with E-state index in [0.717, 1.165) is 31.2 Å². The molecule has 1 saturated heterocycles. The third-order valence-electron chi connectivity index (χ3n) is 5.01. The molecule has 0 N–H and O–H groups in total. The number of rotatable bonds is 3. The van der Waals surface area contributed by atoms with E-state index in [-0.39, 0.29) is 10.7 Å². The Balaban J connectivity index is 2.05. The molecule has 6 heteroatoms. The van der Waals surface area contributed by atoms with Crippen molar-refractivity contribution >= 4 is 26.0 Å². The van der Waals surface area contributed by atoms with E-state index < -0.39 is 15.7 Å². The van der Waals surface area contributed by atoms with Crippen molar-refractivity contribution < 1.29 is 13.2 Å². The Morgan fingerprint density at radius 1 is 1.27 bits per heavy atom. The number of ether oxygens (including phenoxy) is 1. The first-order valence-corrected chi connectivity index (χ1v) is 10.1. The van der Waals surface area contributed by atoms with Gasteiger partial charge in [-0.05, 0) is 38.3 Å². The van der Waals surface area contributed by atoms with Crippen LogP contribution in [-0.4, -0.2) is 36.9 Å². The molecule has 1 heterocycles. The van der Waals surface area contributed by atoms with Gasteiger partial charge in [-0.1, -0.05) is 40.0 Å². The third-order valence-corrected chi connectivity index (χ3v) is 7.96. The summed E-state index contributed by atoms with van der Waals surface area (Å²) in [6, 6.07) is 7.06. The summed E-state index contributed by atoms with van der Waals surface area (Å²) < 4.78 is 33.8. The van der Waals surface area contributed by atoms with Gasteiger partial charge in [0.2, 0.25) is 10.0 Å². The van der Waals surface area contributed by atoms with Gasteiger partial charge in [0.15, 0.2) is 0 Å². The average molecular weight is 388 g/mol. The SMILES string of the molecule is COC12C(Br)CC1CCCCN2S(=O)(=O)c1ccc(C)cc1. The van der Waals surface area contributed by atoms with Crippen molar-refractivity contribution in [2.45, 2.75) is 48.1 Å². The zero-order valence-corrected chi connectivity index (χ0v) is 15.4. The van der Waals surface area contributed by atoms with Crippen LogP contribution < -0.4 is 0 Å². The van der Waals surface area contributed by atoms with E-state index in [1.165, 1.54) is 0 Å². The van der Waals surface area contributed by atoms with Gasteiger partial charge in [-0.3, -0.25) is 0 Å². The summed E-state index contributed by atoms with van der Waals surface area (Å²) in [7, 11) is -1.93. The molecule has 1 aliphatic heterocycles. The minimum Gasteiger partial charge on any atom is -0.361 e. The maximum absolute atomic E-state index is 13.2. The lowest BCUT2D eigenvalue weighted by Gasteiger charge is -2.56. The van der Waals surface area contributed by atoms with Gasteiger partial charge in [-0.15, -0.1) is 0 Å². The highest BCUT2D eigenvalue weighted by Crippen LogP contribution is 2.53. The molecular formula is C16H22BrNO3S. The average Bonchev–Trinajstić information content (AvgIpc) is 2.64. The van der Waals surface area contributed by atoms with Crippen LogP contribution in [0.15, 0.2) is 29.2 Å². The molecule has 0 radical (unpaired) electrons. The molecule has 4 nitrogen and oxygen atoms in total. The smallest absolute Gasteiger partial charge is 0.245 e. The molecule has 1 aliphatic carbocycles. The molecular weight excluding hydrogens is 366 g/mol. The number of nitrogens with zero attached hydrogens (tertiary/aromatic N) is 1. The molecule has 1 saturated carbocycles. The van der Waals surface area contributed by atoms with E-state index in [1.807, 2.05) is 19.1 Å². The lowest BCUT2D eigenvalue weighted by Crippen LogP contribution is -2.68. The topological polar surface area (TPSA) is 46.6 Å². The number of sulfonamides is 1. The van der Waals surface area contributed by atoms with Crippen molar-refractivity contribution in [2.24, 2.45) is 5.92 Å². The third kappa shape index (κ3) is 2.35. The van der Waals surface area contributed by atoms with Gasteiger partial charge in [-0.25, -0.2) is 8.42 Å². The number of benzene rings is 1. The fourth-order valence-electron chi connectivity index (χ4n) is 3.73. The Morgan fingerprint density at radius 2 is 1.95 bits per heavy atom. The summed E-state index contributed by atoms with van der Waals surface area (Å²) in [5.41, 5.74) is 0.316. The van der Waals surface area contributed by atoms with Crippen LogP contribution in [0, 0.1) is 12.8 Å². The Bertz CT molecular complexity index is 646. The Labute approximate surface area is 141 Å². The minimum absolute atomic E-state index is 0.0494. The summed E-state index contributed by atoms with van der Waals surface area (Å²) in [5, 5.41) is 0. The number of hydrogen-bond acceptors (Lipinski definition) is 3. The molecule has 3 rings (SSSR count). The second-order valence-electron chi connectivity index (χ2n) is 6.24.